The molecule has 1 rings (SSSR count). The molecule has 0 bridgehead atoms. The van der Waals surface area contributed by atoms with E-state index in [1.54, 1.807) is 19.1 Å². The summed E-state index contributed by atoms with van der Waals surface area (Å²) >= 11 is 0. The molecule has 0 aromatic heterocycles. The molecule has 0 unspecified atom stereocenters. The minimum atomic E-state index is -1.12. The molecule has 3 N–H and O–H groups in total. The topological polar surface area (TPSA) is 81.8 Å². The zero-order chi connectivity index (χ0) is 13.1. The first kappa shape index (κ1) is 13.3. The standard InChI is InChI=1S/C12H17NO4/c1-12(13,11(15)17-3)7-8-4-5-10(16-2)9(14)6-8/h4-6,14H,7,13H2,1-3H3/t12-/m0/s1. The van der Waals surface area contributed by atoms with Crippen LogP contribution in [0.15, 0.2) is 18.2 Å². The quantitative estimate of drug-likeness (QED) is 0.761. The van der Waals surface area contributed by atoms with E-state index in [0.717, 1.165) is 5.56 Å². The Kier molecular flexibility index (Phi) is 3.96. The number of methoxy groups -OCH3 is 2. The van der Waals surface area contributed by atoms with Gasteiger partial charge in [-0.3, -0.25) is 4.79 Å². The number of ether oxygens (including phenoxy) is 2. The highest BCUT2D eigenvalue weighted by Gasteiger charge is 2.29. The maximum atomic E-state index is 11.4. The predicted molar refractivity (Wildman–Crippen MR) is 63.0 cm³/mol. The molecule has 5 nitrogen and oxygen atoms in total. The van der Waals surface area contributed by atoms with E-state index in [9.17, 15) is 9.90 Å². The van der Waals surface area contributed by atoms with Crippen molar-refractivity contribution in [3.63, 3.8) is 0 Å². The van der Waals surface area contributed by atoms with Crippen LogP contribution in [-0.4, -0.2) is 30.8 Å². The molecule has 1 atom stereocenters. The molecule has 0 fully saturated rings. The van der Waals surface area contributed by atoms with Crippen molar-refractivity contribution in [1.82, 2.24) is 0 Å². The number of hydrogen-bond donors (Lipinski definition) is 2. The monoisotopic (exact) mass is 239 g/mol. The van der Waals surface area contributed by atoms with E-state index in [0.29, 0.717) is 5.75 Å². The van der Waals surface area contributed by atoms with Crippen LogP contribution in [0.3, 0.4) is 0 Å². The van der Waals surface area contributed by atoms with Crippen LogP contribution in [0.4, 0.5) is 0 Å². The molecule has 5 heteroatoms. The third-order valence-electron chi connectivity index (χ3n) is 2.47. The van der Waals surface area contributed by atoms with E-state index in [1.165, 1.54) is 20.3 Å². The summed E-state index contributed by atoms with van der Waals surface area (Å²) in [4.78, 5) is 11.4. The van der Waals surface area contributed by atoms with Crippen LogP contribution >= 0.6 is 0 Å². The second kappa shape index (κ2) is 5.05. The van der Waals surface area contributed by atoms with Crippen molar-refractivity contribution in [2.75, 3.05) is 14.2 Å². The number of phenolic OH excluding ortho intramolecular Hbond substituents is 1. The Hall–Kier alpha value is -1.75. The second-order valence-corrected chi connectivity index (χ2v) is 4.09. The molecule has 94 valence electrons. The summed E-state index contributed by atoms with van der Waals surface area (Å²) in [5.74, 6) is -0.0935. The molecule has 17 heavy (non-hydrogen) atoms. The molecular formula is C12H17NO4. The fourth-order valence-corrected chi connectivity index (χ4v) is 1.57. The van der Waals surface area contributed by atoms with Crippen LogP contribution in [0, 0.1) is 0 Å². The fraction of sp³-hybridized carbons (Fsp3) is 0.417. The van der Waals surface area contributed by atoms with E-state index in [-0.39, 0.29) is 12.2 Å². The number of carbonyl (C=O) groups is 1. The highest BCUT2D eigenvalue weighted by Crippen LogP contribution is 2.27. The average Bonchev–Trinajstić information content (AvgIpc) is 2.27. The average molecular weight is 239 g/mol. The molecule has 1 aromatic rings. The van der Waals surface area contributed by atoms with Crippen molar-refractivity contribution in [2.45, 2.75) is 18.9 Å². The molecule has 0 amide bonds. The van der Waals surface area contributed by atoms with Gasteiger partial charge < -0.3 is 20.3 Å². The first-order valence-electron chi connectivity index (χ1n) is 5.14. The van der Waals surface area contributed by atoms with E-state index in [4.69, 9.17) is 10.5 Å². The number of hydrogen-bond acceptors (Lipinski definition) is 5. The van der Waals surface area contributed by atoms with Crippen molar-refractivity contribution in [3.8, 4) is 11.5 Å². The van der Waals surface area contributed by atoms with Gasteiger partial charge in [-0.1, -0.05) is 6.07 Å². The summed E-state index contributed by atoms with van der Waals surface area (Å²) in [6, 6.07) is 4.89. The second-order valence-electron chi connectivity index (χ2n) is 4.09. The Morgan fingerprint density at radius 3 is 2.59 bits per heavy atom. The zero-order valence-corrected chi connectivity index (χ0v) is 10.2. The maximum absolute atomic E-state index is 11.4. The Morgan fingerprint density at radius 2 is 2.12 bits per heavy atom. The Balaban J connectivity index is 2.89. The Morgan fingerprint density at radius 1 is 1.47 bits per heavy atom. The third kappa shape index (κ3) is 3.10. The molecule has 0 aliphatic rings. The van der Waals surface area contributed by atoms with E-state index >= 15 is 0 Å². The first-order valence-corrected chi connectivity index (χ1v) is 5.14. The summed E-state index contributed by atoms with van der Waals surface area (Å²) in [5.41, 5.74) is 5.46. The molecule has 0 saturated heterocycles. The SMILES string of the molecule is COC(=O)[C@@](C)(N)Cc1ccc(OC)c(O)c1. The van der Waals surface area contributed by atoms with Gasteiger partial charge in [-0.15, -0.1) is 0 Å². The molecule has 0 saturated carbocycles. The number of nitrogens with two attached hydrogens (primary N) is 1. The number of aromatic hydroxyl groups is 1. The lowest BCUT2D eigenvalue weighted by Crippen LogP contribution is -2.47. The lowest BCUT2D eigenvalue weighted by atomic mass is 9.94. The van der Waals surface area contributed by atoms with Gasteiger partial charge in [-0.25, -0.2) is 0 Å². The minimum Gasteiger partial charge on any atom is -0.504 e. The summed E-state index contributed by atoms with van der Waals surface area (Å²) < 4.78 is 9.54. The molecule has 1 aromatic carbocycles. The van der Waals surface area contributed by atoms with Crippen LogP contribution in [0.5, 0.6) is 11.5 Å². The van der Waals surface area contributed by atoms with E-state index in [2.05, 4.69) is 4.74 Å². The number of phenols is 1. The number of carbonyl (C=O) groups excluding carboxylic acids is 1. The van der Waals surface area contributed by atoms with Crippen LogP contribution in [-0.2, 0) is 16.0 Å². The van der Waals surface area contributed by atoms with E-state index in [1.807, 2.05) is 0 Å². The predicted octanol–water partition coefficient (Wildman–Crippen LogP) is 0.834. The van der Waals surface area contributed by atoms with Crippen LogP contribution in [0.2, 0.25) is 0 Å². The van der Waals surface area contributed by atoms with Gasteiger partial charge in [-0.05, 0) is 24.6 Å². The van der Waals surface area contributed by atoms with Crippen LogP contribution < -0.4 is 10.5 Å². The van der Waals surface area contributed by atoms with Gasteiger partial charge in [0.2, 0.25) is 0 Å². The largest absolute Gasteiger partial charge is 0.504 e. The van der Waals surface area contributed by atoms with Crippen molar-refractivity contribution >= 4 is 5.97 Å². The minimum absolute atomic E-state index is 0.0191. The Labute approximate surface area is 100 Å². The molecule has 0 spiro atoms. The highest BCUT2D eigenvalue weighted by atomic mass is 16.5. The summed E-state index contributed by atoms with van der Waals surface area (Å²) in [6.45, 7) is 1.58. The zero-order valence-electron chi connectivity index (χ0n) is 10.2. The number of esters is 1. The molecule has 0 heterocycles. The van der Waals surface area contributed by atoms with Gasteiger partial charge in [0.25, 0.3) is 0 Å². The van der Waals surface area contributed by atoms with Gasteiger partial charge in [0.05, 0.1) is 14.2 Å². The summed E-state index contributed by atoms with van der Waals surface area (Å²) in [7, 11) is 2.76. The van der Waals surface area contributed by atoms with Crippen LogP contribution in [0.1, 0.15) is 12.5 Å². The first-order chi connectivity index (χ1) is 7.90. The van der Waals surface area contributed by atoms with Gasteiger partial charge in [0, 0.05) is 6.42 Å². The van der Waals surface area contributed by atoms with Crippen molar-refractivity contribution < 1.29 is 19.4 Å². The summed E-state index contributed by atoms with van der Waals surface area (Å²) in [6.07, 6.45) is 0.275. The van der Waals surface area contributed by atoms with Gasteiger partial charge in [-0.2, -0.15) is 0 Å². The third-order valence-corrected chi connectivity index (χ3v) is 2.47. The van der Waals surface area contributed by atoms with Crippen molar-refractivity contribution in [2.24, 2.45) is 5.73 Å². The lowest BCUT2D eigenvalue weighted by Gasteiger charge is -2.21. The van der Waals surface area contributed by atoms with Gasteiger partial charge >= 0.3 is 5.97 Å². The molecule has 0 aliphatic carbocycles. The smallest absolute Gasteiger partial charge is 0.325 e. The van der Waals surface area contributed by atoms with Crippen molar-refractivity contribution in [3.05, 3.63) is 23.8 Å². The number of benzene rings is 1. The summed E-state index contributed by atoms with van der Waals surface area (Å²) in [5, 5.41) is 9.60. The van der Waals surface area contributed by atoms with Gasteiger partial charge in [0.15, 0.2) is 11.5 Å². The molecule has 0 radical (unpaired) electrons. The molecule has 0 aliphatic heterocycles. The van der Waals surface area contributed by atoms with Crippen LogP contribution in [0.25, 0.3) is 0 Å². The Bertz CT molecular complexity index is 415. The maximum Gasteiger partial charge on any atom is 0.325 e. The van der Waals surface area contributed by atoms with Gasteiger partial charge in [0.1, 0.15) is 5.54 Å². The normalized spacial score (nSPS) is 13.9. The molecular weight excluding hydrogens is 222 g/mol. The lowest BCUT2D eigenvalue weighted by molar-refractivity contribution is -0.146. The number of rotatable bonds is 4. The van der Waals surface area contributed by atoms with E-state index < -0.39 is 11.5 Å². The highest BCUT2D eigenvalue weighted by molar-refractivity contribution is 5.80. The fourth-order valence-electron chi connectivity index (χ4n) is 1.57. The van der Waals surface area contributed by atoms with Crippen molar-refractivity contribution in [1.29, 1.82) is 0 Å².